The summed E-state index contributed by atoms with van der Waals surface area (Å²) in [5.41, 5.74) is 5.15. The fraction of sp³-hybridized carbons (Fsp3) is 0.875. The Kier molecular flexibility index (Phi) is 4.29. The quantitative estimate of drug-likeness (QED) is 0.491. The van der Waals surface area contributed by atoms with Crippen LogP contribution >= 0.6 is 0 Å². The van der Waals surface area contributed by atoms with Crippen molar-refractivity contribution in [1.29, 1.82) is 0 Å². The zero-order valence-electron chi connectivity index (χ0n) is 8.35. The Morgan fingerprint density at radius 3 is 2.80 bits per heavy atom. The Labute approximate surface area is 87.1 Å². The van der Waals surface area contributed by atoms with Crippen molar-refractivity contribution in [2.24, 2.45) is 5.73 Å². The molecule has 15 heavy (non-hydrogen) atoms. The highest BCUT2D eigenvalue weighted by atomic mass is 17.0. The van der Waals surface area contributed by atoms with Crippen LogP contribution in [-0.4, -0.2) is 29.7 Å². The summed E-state index contributed by atoms with van der Waals surface area (Å²) in [6, 6.07) is -0.291. The first-order valence-corrected chi connectivity index (χ1v) is 4.94. The molecule has 1 aliphatic carbocycles. The minimum Gasteiger partial charge on any atom is -0.350 e. The maximum Gasteiger partial charge on any atom is 0.294 e. The third-order valence-electron chi connectivity index (χ3n) is 2.46. The van der Waals surface area contributed by atoms with Gasteiger partial charge in [-0.25, -0.2) is 0 Å². The van der Waals surface area contributed by atoms with Crippen molar-refractivity contribution in [3.8, 4) is 0 Å². The molecule has 7 nitrogen and oxygen atoms in total. The van der Waals surface area contributed by atoms with E-state index >= 15 is 0 Å². The van der Waals surface area contributed by atoms with Crippen molar-refractivity contribution < 1.29 is 14.7 Å². The van der Waals surface area contributed by atoms with Crippen molar-refractivity contribution in [2.75, 3.05) is 6.54 Å². The van der Waals surface area contributed by atoms with Gasteiger partial charge in [-0.1, -0.05) is 12.8 Å². The second-order valence-corrected chi connectivity index (χ2v) is 3.53. The lowest BCUT2D eigenvalue weighted by molar-refractivity contribution is -0.770. The Morgan fingerprint density at radius 1 is 1.53 bits per heavy atom. The summed E-state index contributed by atoms with van der Waals surface area (Å²) in [6.07, 6.45) is 2.57. The van der Waals surface area contributed by atoms with Gasteiger partial charge in [0, 0.05) is 0 Å². The molecule has 0 heterocycles. The fourth-order valence-corrected chi connectivity index (χ4v) is 1.76. The van der Waals surface area contributed by atoms with E-state index in [0.717, 1.165) is 12.8 Å². The molecule has 0 aromatic rings. The minimum atomic E-state index is -0.808. The molecule has 1 rings (SSSR count). The van der Waals surface area contributed by atoms with Crippen LogP contribution in [-0.2, 0) is 9.63 Å². The first-order chi connectivity index (χ1) is 7.13. The molecular weight excluding hydrogens is 202 g/mol. The molecule has 0 radical (unpaired) electrons. The van der Waals surface area contributed by atoms with Crippen LogP contribution in [0, 0.1) is 10.1 Å². The van der Waals surface area contributed by atoms with E-state index < -0.39 is 11.2 Å². The van der Waals surface area contributed by atoms with E-state index in [9.17, 15) is 14.9 Å². The van der Waals surface area contributed by atoms with Crippen LogP contribution in [0.5, 0.6) is 0 Å². The number of hydrogen-bond donors (Lipinski definition) is 2. The van der Waals surface area contributed by atoms with Crippen LogP contribution in [0.3, 0.4) is 0 Å². The lowest BCUT2D eigenvalue weighted by Crippen LogP contribution is -2.48. The summed E-state index contributed by atoms with van der Waals surface area (Å²) in [5.74, 6) is -0.307. The van der Waals surface area contributed by atoms with Gasteiger partial charge in [-0.3, -0.25) is 4.79 Å². The van der Waals surface area contributed by atoms with Crippen LogP contribution in [0.25, 0.3) is 0 Å². The van der Waals surface area contributed by atoms with Gasteiger partial charge in [0.25, 0.3) is 5.09 Å². The van der Waals surface area contributed by atoms with E-state index in [1.54, 1.807) is 0 Å². The predicted octanol–water partition coefficient (Wildman–Crippen LogP) is -0.419. The zero-order chi connectivity index (χ0) is 11.3. The third kappa shape index (κ3) is 3.70. The third-order valence-corrected chi connectivity index (χ3v) is 2.46. The van der Waals surface area contributed by atoms with Crippen molar-refractivity contribution in [3.05, 3.63) is 10.1 Å². The molecule has 0 unspecified atom stereocenters. The lowest BCUT2D eigenvalue weighted by atomic mass is 9.92. The van der Waals surface area contributed by atoms with Crippen LogP contribution in [0.4, 0.5) is 0 Å². The van der Waals surface area contributed by atoms with Gasteiger partial charge in [0.15, 0.2) is 0 Å². The Bertz CT molecular complexity index is 246. The van der Waals surface area contributed by atoms with Gasteiger partial charge in [-0.2, -0.15) is 0 Å². The Balaban J connectivity index is 2.49. The summed E-state index contributed by atoms with van der Waals surface area (Å²) in [6.45, 7) is -0.109. The summed E-state index contributed by atoms with van der Waals surface area (Å²) in [5, 5.41) is 12.0. The van der Waals surface area contributed by atoms with Gasteiger partial charge < -0.3 is 15.9 Å². The van der Waals surface area contributed by atoms with Crippen molar-refractivity contribution in [2.45, 2.75) is 37.8 Å². The molecule has 3 N–H and O–H groups in total. The monoisotopic (exact) mass is 217 g/mol. The molecule has 1 aliphatic rings. The molecule has 0 spiro atoms. The molecule has 1 saturated carbocycles. The average molecular weight is 217 g/mol. The van der Waals surface area contributed by atoms with E-state index in [-0.39, 0.29) is 18.5 Å². The Morgan fingerprint density at radius 2 is 2.20 bits per heavy atom. The highest BCUT2D eigenvalue weighted by Gasteiger charge is 2.28. The second kappa shape index (κ2) is 5.50. The van der Waals surface area contributed by atoms with Crippen LogP contribution in [0.2, 0.25) is 0 Å². The standard InChI is InChI=1S/C8H15N3O4/c9-5-8(12)10-6-3-1-2-4-7(6)15-11(13)14/h6-7H,1-5,9H2,(H,10,12)/t6-,7-/m1/s1. The highest BCUT2D eigenvalue weighted by Crippen LogP contribution is 2.21. The summed E-state index contributed by atoms with van der Waals surface area (Å²) < 4.78 is 0. The summed E-state index contributed by atoms with van der Waals surface area (Å²) in [4.78, 5) is 25.8. The predicted molar refractivity (Wildman–Crippen MR) is 51.3 cm³/mol. The number of amides is 1. The van der Waals surface area contributed by atoms with Gasteiger partial charge >= 0.3 is 0 Å². The second-order valence-electron chi connectivity index (χ2n) is 3.53. The molecule has 1 fully saturated rings. The van der Waals surface area contributed by atoms with Crippen LogP contribution in [0.1, 0.15) is 25.7 Å². The van der Waals surface area contributed by atoms with Gasteiger partial charge in [-0.05, 0) is 12.8 Å². The molecule has 0 aromatic heterocycles. The lowest BCUT2D eigenvalue weighted by Gasteiger charge is -2.30. The van der Waals surface area contributed by atoms with Gasteiger partial charge in [0.2, 0.25) is 5.91 Å². The van der Waals surface area contributed by atoms with E-state index in [1.807, 2.05) is 0 Å². The number of nitrogens with zero attached hydrogens (tertiary/aromatic N) is 1. The Hall–Kier alpha value is -1.37. The molecular formula is C8H15N3O4. The van der Waals surface area contributed by atoms with Gasteiger partial charge in [0.05, 0.1) is 12.6 Å². The first kappa shape index (κ1) is 11.7. The van der Waals surface area contributed by atoms with Crippen LogP contribution < -0.4 is 11.1 Å². The summed E-state index contributed by atoms with van der Waals surface area (Å²) in [7, 11) is 0. The summed E-state index contributed by atoms with van der Waals surface area (Å²) >= 11 is 0. The number of carbonyl (C=O) groups is 1. The fourth-order valence-electron chi connectivity index (χ4n) is 1.76. The minimum absolute atomic E-state index is 0.109. The first-order valence-electron chi connectivity index (χ1n) is 4.94. The van der Waals surface area contributed by atoms with E-state index in [0.29, 0.717) is 12.8 Å². The maximum absolute atomic E-state index is 11.0. The van der Waals surface area contributed by atoms with Crippen molar-refractivity contribution in [1.82, 2.24) is 5.32 Å². The molecule has 1 amide bonds. The van der Waals surface area contributed by atoms with Gasteiger partial charge in [0.1, 0.15) is 6.10 Å². The number of carbonyl (C=O) groups excluding carboxylic acids is 1. The zero-order valence-corrected chi connectivity index (χ0v) is 8.35. The topological polar surface area (TPSA) is 107 Å². The molecule has 86 valence electrons. The van der Waals surface area contributed by atoms with Crippen molar-refractivity contribution >= 4 is 5.91 Å². The molecule has 0 aromatic carbocycles. The van der Waals surface area contributed by atoms with Gasteiger partial charge in [-0.15, -0.1) is 10.1 Å². The largest absolute Gasteiger partial charge is 0.350 e. The van der Waals surface area contributed by atoms with Crippen molar-refractivity contribution in [3.63, 3.8) is 0 Å². The average Bonchev–Trinajstić information content (AvgIpc) is 2.20. The highest BCUT2D eigenvalue weighted by molar-refractivity contribution is 5.78. The maximum atomic E-state index is 11.0. The molecule has 0 aliphatic heterocycles. The number of nitrogens with two attached hydrogens (primary N) is 1. The number of hydrogen-bond acceptors (Lipinski definition) is 5. The normalized spacial score (nSPS) is 25.7. The number of nitrogens with one attached hydrogen (secondary N) is 1. The van der Waals surface area contributed by atoms with Crippen LogP contribution in [0.15, 0.2) is 0 Å². The molecule has 0 saturated heterocycles. The molecule has 0 bridgehead atoms. The van der Waals surface area contributed by atoms with E-state index in [2.05, 4.69) is 10.2 Å². The number of rotatable bonds is 4. The molecule has 7 heteroatoms. The smallest absolute Gasteiger partial charge is 0.294 e. The van der Waals surface area contributed by atoms with E-state index in [4.69, 9.17) is 5.73 Å². The molecule has 2 atom stereocenters. The SMILES string of the molecule is NCC(=O)N[C@@H]1CCCC[C@H]1O[N+](=O)[O-]. The van der Waals surface area contributed by atoms with E-state index in [1.165, 1.54) is 0 Å².